The molecule has 0 N–H and O–H groups in total. The quantitative estimate of drug-likeness (QED) is 0.687. The first-order valence-corrected chi connectivity index (χ1v) is 6.28. The van der Waals surface area contributed by atoms with Crippen LogP contribution in [0.5, 0.6) is 0 Å². The average Bonchev–Trinajstić information content (AvgIpc) is 2.16. The molecule has 1 nitrogen and oxygen atoms in total. The highest BCUT2D eigenvalue weighted by Gasteiger charge is 2.00. The number of pyridine rings is 1. The van der Waals surface area contributed by atoms with Gasteiger partial charge in [0.2, 0.25) is 0 Å². The van der Waals surface area contributed by atoms with Crippen molar-refractivity contribution in [1.29, 1.82) is 0 Å². The van der Waals surface area contributed by atoms with Crippen LogP contribution in [-0.4, -0.2) is 10.2 Å². The Labute approximate surface area is 81.8 Å². The predicted octanol–water partition coefficient (Wildman–Crippen LogP) is 3.62. The Morgan fingerprint density at radius 2 is 2.33 bits per heavy atom. The number of nitrogens with zero attached hydrogens (tertiary/aromatic N) is 1. The van der Waals surface area contributed by atoms with Gasteiger partial charge in [-0.3, -0.25) is 0 Å². The van der Waals surface area contributed by atoms with Gasteiger partial charge in [0.15, 0.2) is 0 Å². The van der Waals surface area contributed by atoms with E-state index in [4.69, 9.17) is 0 Å². The van der Waals surface area contributed by atoms with Crippen molar-refractivity contribution in [3.05, 3.63) is 24.4 Å². The molecule has 66 valence electrons. The summed E-state index contributed by atoms with van der Waals surface area (Å²) < 4.78 is 0. The molecule has 3 heteroatoms. The largest absolute Gasteiger partial charge is 0.249 e. The second-order valence-electron chi connectivity index (χ2n) is 2.57. The molecule has 0 aromatic carbocycles. The molecule has 1 atom stereocenters. The average molecular weight is 199 g/mol. The zero-order valence-corrected chi connectivity index (χ0v) is 8.99. The van der Waals surface area contributed by atoms with Gasteiger partial charge < -0.3 is 0 Å². The van der Waals surface area contributed by atoms with Crippen LogP contribution in [0.1, 0.15) is 20.3 Å². The Balaban J connectivity index is 2.33. The fourth-order valence-electron chi connectivity index (χ4n) is 0.596. The molecule has 0 radical (unpaired) electrons. The third kappa shape index (κ3) is 3.50. The summed E-state index contributed by atoms with van der Waals surface area (Å²) in [5.41, 5.74) is 0. The fraction of sp³-hybridized carbons (Fsp3) is 0.444. The van der Waals surface area contributed by atoms with Gasteiger partial charge in [-0.15, -0.1) is 0 Å². The molecule has 0 spiro atoms. The minimum absolute atomic E-state index is 0.706. The first kappa shape index (κ1) is 9.93. The number of hydrogen-bond donors (Lipinski definition) is 0. The Morgan fingerprint density at radius 3 is 2.92 bits per heavy atom. The van der Waals surface area contributed by atoms with Gasteiger partial charge in [0.1, 0.15) is 5.03 Å². The number of aromatic nitrogens is 1. The molecular formula is C9H13NS2. The lowest BCUT2D eigenvalue weighted by Gasteiger charge is -2.05. The highest BCUT2D eigenvalue weighted by Crippen LogP contribution is 2.33. The maximum atomic E-state index is 4.23. The second-order valence-corrected chi connectivity index (χ2v) is 5.23. The zero-order chi connectivity index (χ0) is 8.81. The van der Waals surface area contributed by atoms with Crippen LogP contribution in [0.2, 0.25) is 0 Å². The zero-order valence-electron chi connectivity index (χ0n) is 7.36. The molecule has 0 aliphatic carbocycles. The Morgan fingerprint density at radius 1 is 1.50 bits per heavy atom. The Hall–Kier alpha value is -0.150. The summed E-state index contributed by atoms with van der Waals surface area (Å²) in [5.74, 6) is 0. The van der Waals surface area contributed by atoms with E-state index in [0.717, 1.165) is 5.03 Å². The van der Waals surface area contributed by atoms with Gasteiger partial charge in [0.25, 0.3) is 0 Å². The van der Waals surface area contributed by atoms with Crippen molar-refractivity contribution >= 4 is 21.6 Å². The molecule has 0 saturated carbocycles. The van der Waals surface area contributed by atoms with Gasteiger partial charge in [-0.25, -0.2) is 4.98 Å². The van der Waals surface area contributed by atoms with Gasteiger partial charge in [-0.1, -0.05) is 30.7 Å². The molecule has 1 rings (SSSR count). The van der Waals surface area contributed by atoms with Crippen molar-refractivity contribution in [2.24, 2.45) is 0 Å². The van der Waals surface area contributed by atoms with E-state index in [2.05, 4.69) is 18.8 Å². The van der Waals surface area contributed by atoms with E-state index in [1.54, 1.807) is 10.8 Å². The van der Waals surface area contributed by atoms with Crippen LogP contribution in [0.15, 0.2) is 29.4 Å². The smallest absolute Gasteiger partial charge is 0.106 e. The molecule has 12 heavy (non-hydrogen) atoms. The van der Waals surface area contributed by atoms with E-state index in [0.29, 0.717) is 5.25 Å². The summed E-state index contributed by atoms with van der Waals surface area (Å²) in [5, 5.41) is 1.81. The molecule has 0 bridgehead atoms. The maximum absolute atomic E-state index is 4.23. The van der Waals surface area contributed by atoms with Gasteiger partial charge in [0.05, 0.1) is 0 Å². The van der Waals surface area contributed by atoms with Crippen LogP contribution in [-0.2, 0) is 0 Å². The van der Waals surface area contributed by atoms with E-state index in [-0.39, 0.29) is 0 Å². The van der Waals surface area contributed by atoms with Crippen LogP contribution >= 0.6 is 21.6 Å². The Kier molecular flexibility index (Phi) is 4.54. The SMILES string of the molecule is CC[C@@H](C)SSc1ccccn1. The van der Waals surface area contributed by atoms with Crippen molar-refractivity contribution in [2.75, 3.05) is 0 Å². The van der Waals surface area contributed by atoms with Crippen molar-refractivity contribution in [2.45, 2.75) is 30.5 Å². The first-order chi connectivity index (χ1) is 5.83. The van der Waals surface area contributed by atoms with Gasteiger partial charge in [-0.05, 0) is 29.3 Å². The maximum Gasteiger partial charge on any atom is 0.106 e. The minimum atomic E-state index is 0.706. The number of rotatable bonds is 4. The van der Waals surface area contributed by atoms with E-state index in [1.165, 1.54) is 6.42 Å². The Bertz CT molecular complexity index is 213. The van der Waals surface area contributed by atoms with Gasteiger partial charge >= 0.3 is 0 Å². The van der Waals surface area contributed by atoms with Crippen LogP contribution < -0.4 is 0 Å². The lowest BCUT2D eigenvalue weighted by atomic mass is 10.4. The normalized spacial score (nSPS) is 12.8. The predicted molar refractivity (Wildman–Crippen MR) is 57.4 cm³/mol. The highest BCUT2D eigenvalue weighted by molar-refractivity contribution is 8.76. The van der Waals surface area contributed by atoms with E-state index in [1.807, 2.05) is 35.2 Å². The van der Waals surface area contributed by atoms with Crippen LogP contribution in [0.25, 0.3) is 0 Å². The van der Waals surface area contributed by atoms with Crippen LogP contribution in [0, 0.1) is 0 Å². The van der Waals surface area contributed by atoms with Gasteiger partial charge in [0, 0.05) is 11.4 Å². The number of hydrogen-bond acceptors (Lipinski definition) is 3. The van der Waals surface area contributed by atoms with E-state index in [9.17, 15) is 0 Å². The standard InChI is InChI=1S/C9H13NS2/c1-3-8(2)11-12-9-6-4-5-7-10-9/h4-8H,3H2,1-2H3/t8-/m1/s1. The summed E-state index contributed by atoms with van der Waals surface area (Å²) in [4.78, 5) is 4.23. The molecule has 1 aromatic rings. The lowest BCUT2D eigenvalue weighted by Crippen LogP contribution is -1.88. The van der Waals surface area contributed by atoms with Crippen LogP contribution in [0.4, 0.5) is 0 Å². The summed E-state index contributed by atoms with van der Waals surface area (Å²) in [6, 6.07) is 6.00. The first-order valence-electron chi connectivity index (χ1n) is 4.07. The molecule has 0 aliphatic heterocycles. The van der Waals surface area contributed by atoms with Crippen LogP contribution in [0.3, 0.4) is 0 Å². The second kappa shape index (κ2) is 5.49. The van der Waals surface area contributed by atoms with Crippen molar-refractivity contribution in [1.82, 2.24) is 4.98 Å². The van der Waals surface area contributed by atoms with E-state index >= 15 is 0 Å². The summed E-state index contributed by atoms with van der Waals surface area (Å²) >= 11 is 0. The summed E-state index contributed by atoms with van der Waals surface area (Å²) in [7, 11) is 3.64. The molecule has 0 unspecified atom stereocenters. The van der Waals surface area contributed by atoms with Crippen molar-refractivity contribution in [3.63, 3.8) is 0 Å². The van der Waals surface area contributed by atoms with Crippen molar-refractivity contribution < 1.29 is 0 Å². The molecule has 0 saturated heterocycles. The summed E-state index contributed by atoms with van der Waals surface area (Å²) in [6.07, 6.45) is 3.05. The molecule has 0 fully saturated rings. The van der Waals surface area contributed by atoms with E-state index < -0.39 is 0 Å². The lowest BCUT2D eigenvalue weighted by molar-refractivity contribution is 0.912. The highest BCUT2D eigenvalue weighted by atomic mass is 33.1. The fourth-order valence-corrected chi connectivity index (χ4v) is 2.73. The third-order valence-corrected chi connectivity index (χ3v) is 4.47. The van der Waals surface area contributed by atoms with Gasteiger partial charge in [-0.2, -0.15) is 0 Å². The minimum Gasteiger partial charge on any atom is -0.249 e. The summed E-state index contributed by atoms with van der Waals surface area (Å²) in [6.45, 7) is 4.44. The third-order valence-electron chi connectivity index (χ3n) is 1.51. The molecule has 1 heterocycles. The molecular weight excluding hydrogens is 186 g/mol. The molecule has 0 aliphatic rings. The topological polar surface area (TPSA) is 12.9 Å². The molecule has 1 aromatic heterocycles. The molecule has 0 amide bonds. The van der Waals surface area contributed by atoms with Crippen molar-refractivity contribution in [3.8, 4) is 0 Å². The monoisotopic (exact) mass is 199 g/mol.